The Morgan fingerprint density at radius 2 is 2.04 bits per heavy atom. The van der Waals surface area contributed by atoms with Crippen LogP contribution in [0.5, 0.6) is 0 Å². The lowest BCUT2D eigenvalue weighted by Crippen LogP contribution is -2.33. The van der Waals surface area contributed by atoms with Gasteiger partial charge in [0, 0.05) is 31.7 Å². The second kappa shape index (κ2) is 7.07. The molecule has 1 aliphatic carbocycles. The van der Waals surface area contributed by atoms with E-state index in [1.165, 1.54) is 6.92 Å². The maximum atomic E-state index is 12.7. The van der Waals surface area contributed by atoms with Crippen molar-refractivity contribution in [3.63, 3.8) is 0 Å². The van der Waals surface area contributed by atoms with Crippen LogP contribution in [0.3, 0.4) is 0 Å². The molecule has 3 N–H and O–H groups in total. The van der Waals surface area contributed by atoms with Crippen molar-refractivity contribution in [3.8, 4) is 0 Å². The van der Waals surface area contributed by atoms with Gasteiger partial charge in [0.15, 0.2) is 0 Å². The number of benzene rings is 1. The highest BCUT2D eigenvalue weighted by Gasteiger charge is 2.42. The standard InChI is InChI=1S/C16H20ClN3O2.ClH/c1-9(21)19-11-3-4-14(17)12(6-11)16(22)20-7-10-2-5-15(18)13(10)8-20;/h3-4,6,10,13,15H,2,5,7-8,18H2,1H3,(H,19,21);1H. The van der Waals surface area contributed by atoms with E-state index in [-0.39, 0.29) is 30.3 Å². The fourth-order valence-electron chi connectivity index (χ4n) is 3.61. The number of likely N-dealkylation sites (tertiary alicyclic amines) is 1. The first-order valence-electron chi connectivity index (χ1n) is 7.57. The van der Waals surface area contributed by atoms with Gasteiger partial charge in [0.25, 0.3) is 5.91 Å². The van der Waals surface area contributed by atoms with E-state index in [2.05, 4.69) is 5.32 Å². The molecule has 3 atom stereocenters. The summed E-state index contributed by atoms with van der Waals surface area (Å²) >= 11 is 6.17. The Balaban J connectivity index is 0.00000192. The Kier molecular flexibility index (Phi) is 5.55. The normalized spacial score (nSPS) is 25.7. The molecule has 3 rings (SSSR count). The fourth-order valence-corrected chi connectivity index (χ4v) is 3.81. The third-order valence-corrected chi connectivity index (χ3v) is 5.05. The number of anilines is 1. The van der Waals surface area contributed by atoms with E-state index in [4.69, 9.17) is 17.3 Å². The van der Waals surface area contributed by atoms with E-state index in [9.17, 15) is 9.59 Å². The van der Waals surface area contributed by atoms with E-state index in [0.717, 1.165) is 19.4 Å². The van der Waals surface area contributed by atoms with Crippen molar-refractivity contribution >= 4 is 41.5 Å². The van der Waals surface area contributed by atoms with Crippen LogP contribution in [0.15, 0.2) is 18.2 Å². The highest BCUT2D eigenvalue weighted by atomic mass is 35.5. The molecule has 3 unspecified atom stereocenters. The largest absolute Gasteiger partial charge is 0.338 e. The molecule has 5 nitrogen and oxygen atoms in total. The highest BCUT2D eigenvalue weighted by Crippen LogP contribution is 2.38. The molecule has 23 heavy (non-hydrogen) atoms. The third-order valence-electron chi connectivity index (χ3n) is 4.72. The molecular weight excluding hydrogens is 337 g/mol. The van der Waals surface area contributed by atoms with Gasteiger partial charge in [0.2, 0.25) is 5.91 Å². The predicted octanol–water partition coefficient (Wildman–Crippen LogP) is 2.53. The van der Waals surface area contributed by atoms with E-state index in [1.54, 1.807) is 18.2 Å². The van der Waals surface area contributed by atoms with E-state index in [1.807, 2.05) is 4.90 Å². The molecule has 2 fully saturated rings. The van der Waals surface area contributed by atoms with Crippen LogP contribution >= 0.6 is 24.0 Å². The van der Waals surface area contributed by atoms with Crippen LogP contribution in [0.2, 0.25) is 5.02 Å². The molecule has 2 amide bonds. The minimum absolute atomic E-state index is 0. The average Bonchev–Trinajstić information content (AvgIpc) is 3.02. The summed E-state index contributed by atoms with van der Waals surface area (Å²) in [6.45, 7) is 2.88. The molecule has 1 aromatic rings. The first-order valence-corrected chi connectivity index (χ1v) is 7.95. The zero-order chi connectivity index (χ0) is 15.9. The van der Waals surface area contributed by atoms with E-state index >= 15 is 0 Å². The van der Waals surface area contributed by atoms with Crippen molar-refractivity contribution in [2.45, 2.75) is 25.8 Å². The number of carbonyl (C=O) groups excluding carboxylic acids is 2. The molecule has 1 aliphatic heterocycles. The van der Waals surface area contributed by atoms with Gasteiger partial charge in [-0.15, -0.1) is 12.4 Å². The Bertz CT molecular complexity index is 623. The quantitative estimate of drug-likeness (QED) is 0.853. The molecule has 0 aromatic heterocycles. The Labute approximate surface area is 146 Å². The zero-order valence-corrected chi connectivity index (χ0v) is 14.5. The lowest BCUT2D eigenvalue weighted by atomic mass is 9.98. The molecule has 1 saturated carbocycles. The molecule has 0 radical (unpaired) electrons. The van der Waals surface area contributed by atoms with Gasteiger partial charge in [-0.3, -0.25) is 9.59 Å². The van der Waals surface area contributed by atoms with Gasteiger partial charge in [-0.05, 0) is 42.9 Å². The predicted molar refractivity (Wildman–Crippen MR) is 93.1 cm³/mol. The summed E-state index contributed by atoms with van der Waals surface area (Å²) in [4.78, 5) is 25.7. The second-order valence-corrected chi connectivity index (χ2v) is 6.66. The van der Waals surface area contributed by atoms with Gasteiger partial charge in [-0.25, -0.2) is 0 Å². The number of nitrogens with one attached hydrogen (secondary N) is 1. The van der Waals surface area contributed by atoms with E-state index in [0.29, 0.717) is 34.7 Å². The SMILES string of the molecule is CC(=O)Nc1ccc(Cl)c(C(=O)N2CC3CCC(N)C3C2)c1.Cl. The van der Waals surface area contributed by atoms with Gasteiger partial charge in [-0.2, -0.15) is 0 Å². The number of halogens is 2. The first-order chi connectivity index (χ1) is 10.5. The Morgan fingerprint density at radius 1 is 1.30 bits per heavy atom. The monoisotopic (exact) mass is 357 g/mol. The fraction of sp³-hybridized carbons (Fsp3) is 0.500. The molecule has 126 valence electrons. The number of nitrogens with zero attached hydrogens (tertiary/aromatic N) is 1. The molecule has 1 aromatic carbocycles. The highest BCUT2D eigenvalue weighted by molar-refractivity contribution is 6.34. The van der Waals surface area contributed by atoms with Crippen molar-refractivity contribution in [2.24, 2.45) is 17.6 Å². The molecule has 0 spiro atoms. The number of fused-ring (bicyclic) bond motifs is 1. The minimum atomic E-state index is -0.178. The van der Waals surface area contributed by atoms with Crippen LogP contribution in [0.1, 0.15) is 30.1 Å². The molecule has 2 aliphatic rings. The molecule has 1 heterocycles. The zero-order valence-electron chi connectivity index (χ0n) is 12.9. The van der Waals surface area contributed by atoms with Crippen LogP contribution in [0.4, 0.5) is 5.69 Å². The number of carbonyl (C=O) groups is 2. The maximum Gasteiger partial charge on any atom is 0.255 e. The first kappa shape index (κ1) is 18.0. The summed E-state index contributed by atoms with van der Waals surface area (Å²) in [5, 5.41) is 3.08. The molecule has 0 bridgehead atoms. The van der Waals surface area contributed by atoms with Gasteiger partial charge in [0.1, 0.15) is 0 Å². The lowest BCUT2D eigenvalue weighted by Gasteiger charge is -2.20. The smallest absolute Gasteiger partial charge is 0.255 e. The number of rotatable bonds is 2. The summed E-state index contributed by atoms with van der Waals surface area (Å²) < 4.78 is 0. The summed E-state index contributed by atoms with van der Waals surface area (Å²) in [6.07, 6.45) is 2.14. The molecule has 7 heteroatoms. The Hall–Kier alpha value is -1.30. The third kappa shape index (κ3) is 3.62. The van der Waals surface area contributed by atoms with Crippen molar-refractivity contribution in [1.29, 1.82) is 0 Å². The topological polar surface area (TPSA) is 75.4 Å². The Morgan fingerprint density at radius 3 is 2.70 bits per heavy atom. The van der Waals surface area contributed by atoms with Crippen LogP contribution < -0.4 is 11.1 Å². The van der Waals surface area contributed by atoms with Crippen molar-refractivity contribution in [1.82, 2.24) is 4.90 Å². The summed E-state index contributed by atoms with van der Waals surface area (Å²) in [7, 11) is 0. The van der Waals surface area contributed by atoms with Gasteiger partial charge >= 0.3 is 0 Å². The number of nitrogens with two attached hydrogens (primary N) is 1. The van der Waals surface area contributed by atoms with Gasteiger partial charge in [0.05, 0.1) is 10.6 Å². The van der Waals surface area contributed by atoms with Crippen molar-refractivity contribution < 1.29 is 9.59 Å². The number of hydrogen-bond donors (Lipinski definition) is 2. The number of amides is 2. The van der Waals surface area contributed by atoms with Crippen LogP contribution in [-0.4, -0.2) is 35.8 Å². The van der Waals surface area contributed by atoms with E-state index < -0.39 is 0 Å². The van der Waals surface area contributed by atoms with Gasteiger partial charge < -0.3 is 16.0 Å². The van der Waals surface area contributed by atoms with Crippen LogP contribution in [0, 0.1) is 11.8 Å². The number of hydrogen-bond acceptors (Lipinski definition) is 3. The molecular formula is C16H21Cl2N3O2. The maximum absolute atomic E-state index is 12.7. The van der Waals surface area contributed by atoms with Crippen molar-refractivity contribution in [2.75, 3.05) is 18.4 Å². The summed E-state index contributed by atoms with van der Waals surface area (Å²) in [6, 6.07) is 5.17. The second-order valence-electron chi connectivity index (χ2n) is 6.25. The minimum Gasteiger partial charge on any atom is -0.338 e. The summed E-state index contributed by atoms with van der Waals surface area (Å²) in [5.74, 6) is 0.652. The average molecular weight is 358 g/mol. The van der Waals surface area contributed by atoms with Gasteiger partial charge in [-0.1, -0.05) is 11.6 Å². The molecule has 1 saturated heterocycles. The van der Waals surface area contributed by atoms with Crippen LogP contribution in [0.25, 0.3) is 0 Å². The summed E-state index contributed by atoms with van der Waals surface area (Å²) in [5.41, 5.74) is 7.13. The van der Waals surface area contributed by atoms with Crippen molar-refractivity contribution in [3.05, 3.63) is 28.8 Å². The lowest BCUT2D eigenvalue weighted by molar-refractivity contribution is -0.114. The van der Waals surface area contributed by atoms with Crippen LogP contribution in [-0.2, 0) is 4.79 Å².